The lowest BCUT2D eigenvalue weighted by atomic mass is 10.3. The molecular weight excluding hydrogens is 348 g/mol. The van der Waals surface area contributed by atoms with Crippen molar-refractivity contribution in [1.29, 1.82) is 0 Å². The highest BCUT2D eigenvalue weighted by molar-refractivity contribution is 5.71. The van der Waals surface area contributed by atoms with Crippen molar-refractivity contribution in [2.75, 3.05) is 42.3 Å². The average Bonchev–Trinajstić information content (AvgIpc) is 2.55. The van der Waals surface area contributed by atoms with Crippen molar-refractivity contribution in [1.82, 2.24) is 8.97 Å². The van der Waals surface area contributed by atoms with Gasteiger partial charge in [-0.25, -0.2) is 0 Å². The number of carboxylic acid groups (broad SMARTS) is 2. The Bertz CT molecular complexity index is 628. The summed E-state index contributed by atoms with van der Waals surface area (Å²) in [7, 11) is 13.0. The number of hydrogen-bond acceptors (Lipinski definition) is 5. The van der Waals surface area contributed by atoms with Gasteiger partial charge in [0.25, 0.3) is 12.3 Å². The quantitative estimate of drug-likeness (QED) is 0.450. The predicted molar refractivity (Wildman–Crippen MR) is 104 cm³/mol. The molecule has 0 bridgehead atoms. The summed E-state index contributed by atoms with van der Waals surface area (Å²) in [4.78, 5) is 18.1. The van der Waals surface area contributed by atoms with Crippen LogP contribution in [0.1, 0.15) is 0 Å². The Morgan fingerprint density at radius 1 is 0.630 bits per heavy atom. The van der Waals surface area contributed by atoms with Gasteiger partial charge in [-0.05, 0) is 24.3 Å². The SMILES string of the molecule is C[N+](C)(C)c1ccccc1.C[N+](C)(C)c1ccccc1.O=C([O-])OC(=O)[O-]. The number of hydrogen-bond donors (Lipinski definition) is 0. The monoisotopic (exact) mass is 376 g/mol. The van der Waals surface area contributed by atoms with Crippen LogP contribution in [-0.2, 0) is 4.74 Å². The Kier molecular flexibility index (Phi) is 9.77. The fraction of sp³-hybridized carbons (Fsp3) is 0.300. The minimum absolute atomic E-state index is 0.890. The molecule has 2 aromatic carbocycles. The number of carbonyl (C=O) groups is 2. The zero-order valence-electron chi connectivity index (χ0n) is 16.7. The van der Waals surface area contributed by atoms with Crippen LogP contribution >= 0.6 is 0 Å². The van der Waals surface area contributed by atoms with E-state index >= 15 is 0 Å². The van der Waals surface area contributed by atoms with Gasteiger partial charge in [0.1, 0.15) is 11.4 Å². The van der Waals surface area contributed by atoms with Gasteiger partial charge in [-0.2, -0.15) is 0 Å². The van der Waals surface area contributed by atoms with E-state index in [1.165, 1.54) is 11.4 Å². The van der Waals surface area contributed by atoms with Crippen LogP contribution in [0, 0.1) is 0 Å². The fourth-order valence-corrected chi connectivity index (χ4v) is 1.82. The van der Waals surface area contributed by atoms with Crippen molar-refractivity contribution in [3.05, 3.63) is 60.7 Å². The van der Waals surface area contributed by atoms with Gasteiger partial charge in [0.2, 0.25) is 0 Å². The van der Waals surface area contributed by atoms with Gasteiger partial charge < -0.3 is 24.5 Å². The average molecular weight is 376 g/mol. The number of nitrogens with zero attached hydrogens (tertiary/aromatic N) is 2. The summed E-state index contributed by atoms with van der Waals surface area (Å²) in [6.45, 7) is 0. The molecule has 0 aliphatic heterocycles. The van der Waals surface area contributed by atoms with Crippen LogP contribution in [0.4, 0.5) is 21.0 Å². The zero-order valence-corrected chi connectivity index (χ0v) is 16.7. The molecule has 27 heavy (non-hydrogen) atoms. The lowest BCUT2D eigenvalue weighted by Gasteiger charge is -2.22. The van der Waals surface area contributed by atoms with Crippen LogP contribution < -0.4 is 19.2 Å². The molecule has 0 unspecified atom stereocenters. The Balaban J connectivity index is 0.000000384. The second kappa shape index (κ2) is 10.9. The summed E-state index contributed by atoms with van der Waals surface area (Å²) in [6.07, 6.45) is -4.25. The van der Waals surface area contributed by atoms with Crippen molar-refractivity contribution in [3.63, 3.8) is 0 Å². The minimum atomic E-state index is -2.12. The highest BCUT2D eigenvalue weighted by atomic mass is 16.7. The highest BCUT2D eigenvalue weighted by Gasteiger charge is 2.09. The van der Waals surface area contributed by atoms with E-state index in [9.17, 15) is 0 Å². The largest absolute Gasteiger partial charge is 0.483 e. The maximum atomic E-state index is 9.06. The molecule has 0 aliphatic rings. The van der Waals surface area contributed by atoms with E-state index in [0.717, 1.165) is 8.97 Å². The molecule has 2 rings (SSSR count). The van der Waals surface area contributed by atoms with Crippen LogP contribution in [0.5, 0.6) is 0 Å². The third-order valence-corrected chi connectivity index (χ3v) is 3.23. The van der Waals surface area contributed by atoms with E-state index in [0.29, 0.717) is 0 Å². The van der Waals surface area contributed by atoms with Crippen LogP contribution in [0.3, 0.4) is 0 Å². The molecule has 0 aromatic heterocycles. The summed E-state index contributed by atoms with van der Waals surface area (Å²) >= 11 is 0. The minimum Gasteiger partial charge on any atom is -0.483 e. The van der Waals surface area contributed by atoms with Gasteiger partial charge in [-0.3, -0.25) is 8.97 Å². The van der Waals surface area contributed by atoms with Gasteiger partial charge >= 0.3 is 0 Å². The molecule has 0 saturated carbocycles. The highest BCUT2D eigenvalue weighted by Crippen LogP contribution is 2.14. The molecule has 0 spiro atoms. The summed E-state index contributed by atoms with van der Waals surface area (Å²) in [5.74, 6) is 0. The first-order chi connectivity index (χ1) is 12.3. The van der Waals surface area contributed by atoms with Gasteiger partial charge in [-0.15, -0.1) is 0 Å². The van der Waals surface area contributed by atoms with E-state index in [-0.39, 0.29) is 0 Å². The molecule has 7 heteroatoms. The number of para-hydroxylation sites is 2. The number of rotatable bonds is 2. The first-order valence-electron chi connectivity index (χ1n) is 8.18. The smallest absolute Gasteiger partial charge is 0.259 e. The Morgan fingerprint density at radius 3 is 1.00 bits per heavy atom. The summed E-state index contributed by atoms with van der Waals surface area (Å²) in [5.41, 5.74) is 2.67. The molecule has 7 nitrogen and oxygen atoms in total. The Hall–Kier alpha value is -2.90. The number of ether oxygens (including phenoxy) is 1. The zero-order chi connectivity index (χ0) is 21.1. The maximum absolute atomic E-state index is 9.06. The number of carbonyl (C=O) groups excluding carboxylic acids is 2. The predicted octanol–water partition coefficient (Wildman–Crippen LogP) is 1.46. The first kappa shape index (κ1) is 24.1. The molecule has 0 N–H and O–H groups in total. The maximum Gasteiger partial charge on any atom is 0.259 e. The standard InChI is InChI=1S/2C9H14N.C2H2O5/c2*1-10(2,3)9-7-5-4-6-8-9;3-1(4)7-2(5)6/h2*4-8H,1-3H3;(H,3,4)(H,5,6)/q2*+1;/p-2. The van der Waals surface area contributed by atoms with Crippen molar-refractivity contribution >= 4 is 23.7 Å². The van der Waals surface area contributed by atoms with E-state index in [1.54, 1.807) is 0 Å². The topological polar surface area (TPSA) is 89.5 Å². The lowest BCUT2D eigenvalue weighted by molar-refractivity contribution is -0.312. The molecule has 0 atom stereocenters. The van der Waals surface area contributed by atoms with Crippen LogP contribution in [-0.4, -0.2) is 54.6 Å². The molecule has 0 heterocycles. The van der Waals surface area contributed by atoms with E-state index in [1.807, 2.05) is 12.1 Å². The summed E-state index contributed by atoms with van der Waals surface area (Å²) < 4.78 is 4.64. The second-order valence-electron chi connectivity index (χ2n) is 7.30. The van der Waals surface area contributed by atoms with Crippen molar-refractivity contribution in [2.45, 2.75) is 0 Å². The summed E-state index contributed by atoms with van der Waals surface area (Å²) in [5, 5.41) is 18.1. The Morgan fingerprint density at radius 2 is 0.889 bits per heavy atom. The van der Waals surface area contributed by atoms with Gasteiger partial charge in [-0.1, -0.05) is 36.4 Å². The molecule has 0 aliphatic carbocycles. The van der Waals surface area contributed by atoms with E-state index < -0.39 is 12.3 Å². The van der Waals surface area contributed by atoms with Crippen molar-refractivity contribution in [2.24, 2.45) is 0 Å². The Labute approximate surface area is 160 Å². The fourth-order valence-electron chi connectivity index (χ4n) is 1.82. The molecule has 2 aromatic rings. The molecule has 0 fully saturated rings. The normalized spacial score (nSPS) is 10.4. The third-order valence-electron chi connectivity index (χ3n) is 3.23. The van der Waals surface area contributed by atoms with Crippen molar-refractivity contribution in [3.8, 4) is 0 Å². The molecule has 148 valence electrons. The molecule has 0 amide bonds. The van der Waals surface area contributed by atoms with E-state index in [2.05, 4.69) is 95.6 Å². The third kappa shape index (κ3) is 12.1. The first-order valence-corrected chi connectivity index (χ1v) is 8.18. The molecular formula is C20H28N2O5. The van der Waals surface area contributed by atoms with Crippen LogP contribution in [0.15, 0.2) is 60.7 Å². The van der Waals surface area contributed by atoms with Crippen molar-refractivity contribution < 1.29 is 24.5 Å². The van der Waals surface area contributed by atoms with Gasteiger partial charge in [0.05, 0.1) is 42.3 Å². The van der Waals surface area contributed by atoms with Crippen LogP contribution in [0.2, 0.25) is 0 Å². The van der Waals surface area contributed by atoms with Gasteiger partial charge in [0, 0.05) is 0 Å². The number of benzene rings is 2. The lowest BCUT2D eigenvalue weighted by Crippen LogP contribution is -2.34. The molecule has 0 saturated heterocycles. The second-order valence-corrected chi connectivity index (χ2v) is 7.30. The van der Waals surface area contributed by atoms with Gasteiger partial charge in [0.15, 0.2) is 0 Å². The molecule has 0 radical (unpaired) electrons. The van der Waals surface area contributed by atoms with Crippen LogP contribution in [0.25, 0.3) is 0 Å². The summed E-state index contributed by atoms with van der Waals surface area (Å²) in [6, 6.07) is 20.9. The van der Waals surface area contributed by atoms with E-state index in [4.69, 9.17) is 19.8 Å². The number of quaternary nitrogens is 2.